The molecule has 0 spiro atoms. The van der Waals surface area contributed by atoms with Gasteiger partial charge < -0.3 is 10.2 Å². The van der Waals surface area contributed by atoms with Crippen molar-refractivity contribution in [3.8, 4) is 0 Å². The highest BCUT2D eigenvalue weighted by molar-refractivity contribution is 7.91. The molecule has 1 heterocycles. The molecule has 0 bridgehead atoms. The number of aliphatic hydroxyl groups is 1. The first kappa shape index (κ1) is 20.7. The number of imide groups is 1. The maximum Gasteiger partial charge on any atom is 0.335 e. The fourth-order valence-corrected chi connectivity index (χ4v) is 5.14. The zero-order valence-electron chi connectivity index (χ0n) is 16.1. The van der Waals surface area contributed by atoms with E-state index >= 15 is 0 Å². The molecule has 31 heavy (non-hydrogen) atoms. The van der Waals surface area contributed by atoms with Crippen LogP contribution in [-0.2, 0) is 9.84 Å². The van der Waals surface area contributed by atoms with Gasteiger partial charge in [-0.25, -0.2) is 13.2 Å². The summed E-state index contributed by atoms with van der Waals surface area (Å²) < 4.78 is 26.5. The van der Waals surface area contributed by atoms with E-state index in [2.05, 4.69) is 0 Å². The molecular weight excluding hydrogens is 422 g/mol. The van der Waals surface area contributed by atoms with Gasteiger partial charge in [0.1, 0.15) is 0 Å². The summed E-state index contributed by atoms with van der Waals surface area (Å²) in [5.41, 5.74) is 0.377. The van der Waals surface area contributed by atoms with Crippen molar-refractivity contribution in [2.45, 2.75) is 16.2 Å². The molecule has 4 rings (SSSR count). The summed E-state index contributed by atoms with van der Waals surface area (Å²) >= 11 is 0. The number of hydrogen-bond donors (Lipinski definition) is 2. The number of sulfone groups is 1. The second-order valence-corrected chi connectivity index (χ2v) is 8.93. The van der Waals surface area contributed by atoms with Gasteiger partial charge in [-0.3, -0.25) is 14.5 Å². The summed E-state index contributed by atoms with van der Waals surface area (Å²) in [4.78, 5) is 37.6. The van der Waals surface area contributed by atoms with Crippen LogP contribution in [0.3, 0.4) is 0 Å². The summed E-state index contributed by atoms with van der Waals surface area (Å²) in [7, 11) is -4.05. The molecule has 0 radical (unpaired) electrons. The predicted molar refractivity (Wildman–Crippen MR) is 110 cm³/mol. The zero-order chi connectivity index (χ0) is 22.3. The molecule has 3 aromatic rings. The molecule has 0 saturated heterocycles. The van der Waals surface area contributed by atoms with Crippen LogP contribution in [0, 0.1) is 0 Å². The highest BCUT2D eigenvalue weighted by Gasteiger charge is 2.34. The number of hydrogen-bond acceptors (Lipinski definition) is 6. The highest BCUT2D eigenvalue weighted by atomic mass is 32.2. The lowest BCUT2D eigenvalue weighted by molar-refractivity contribution is 0.0599. The van der Waals surface area contributed by atoms with Crippen LogP contribution in [0.25, 0.3) is 10.8 Å². The van der Waals surface area contributed by atoms with Crippen molar-refractivity contribution in [2.75, 3.05) is 13.2 Å². The molecule has 9 heteroatoms. The third-order valence-electron chi connectivity index (χ3n) is 5.19. The number of carbonyl (C=O) groups is 3. The average molecular weight is 439 g/mol. The van der Waals surface area contributed by atoms with Gasteiger partial charge >= 0.3 is 5.97 Å². The smallest absolute Gasteiger partial charge is 0.335 e. The van der Waals surface area contributed by atoms with Crippen LogP contribution in [0.15, 0.2) is 64.4 Å². The zero-order valence-corrected chi connectivity index (χ0v) is 16.9. The number of aliphatic hydroxyl groups excluding tert-OH is 1. The van der Waals surface area contributed by atoms with E-state index in [9.17, 15) is 22.8 Å². The highest BCUT2D eigenvalue weighted by Crippen LogP contribution is 2.36. The molecular formula is C22H17NO7S. The maximum atomic E-state index is 13.3. The fourth-order valence-electron chi connectivity index (χ4n) is 3.69. The molecule has 158 valence electrons. The van der Waals surface area contributed by atoms with Gasteiger partial charge in [-0.05, 0) is 48.9 Å². The van der Waals surface area contributed by atoms with Crippen LogP contribution in [0.5, 0.6) is 0 Å². The number of benzene rings is 3. The number of rotatable bonds is 6. The Kier molecular flexibility index (Phi) is 5.08. The molecule has 0 unspecified atom stereocenters. The van der Waals surface area contributed by atoms with Crippen LogP contribution in [0.2, 0.25) is 0 Å². The minimum Gasteiger partial charge on any atom is -0.478 e. The molecule has 0 fully saturated rings. The largest absolute Gasteiger partial charge is 0.478 e. The van der Waals surface area contributed by atoms with E-state index in [0.29, 0.717) is 0 Å². The van der Waals surface area contributed by atoms with Crippen molar-refractivity contribution >= 4 is 38.4 Å². The molecule has 0 aliphatic carbocycles. The summed E-state index contributed by atoms with van der Waals surface area (Å²) in [5.74, 6) is -2.26. The van der Waals surface area contributed by atoms with Crippen molar-refractivity contribution in [3.05, 3.63) is 71.3 Å². The van der Waals surface area contributed by atoms with Crippen molar-refractivity contribution < 1.29 is 33.0 Å². The Bertz CT molecular complexity index is 1320. The van der Waals surface area contributed by atoms with E-state index < -0.39 is 27.6 Å². The van der Waals surface area contributed by atoms with Crippen LogP contribution in [0.1, 0.15) is 37.5 Å². The van der Waals surface area contributed by atoms with Gasteiger partial charge in [0.05, 0.1) is 15.4 Å². The maximum absolute atomic E-state index is 13.3. The van der Waals surface area contributed by atoms with E-state index in [1.807, 2.05) is 0 Å². The molecule has 2 N–H and O–H groups in total. The molecule has 2 amide bonds. The molecule has 1 aliphatic heterocycles. The van der Waals surface area contributed by atoms with E-state index in [-0.39, 0.29) is 56.8 Å². The fraction of sp³-hybridized carbons (Fsp3) is 0.136. The van der Waals surface area contributed by atoms with Crippen LogP contribution in [0.4, 0.5) is 0 Å². The van der Waals surface area contributed by atoms with Crippen molar-refractivity contribution in [1.29, 1.82) is 0 Å². The Balaban J connectivity index is 1.89. The number of nitrogens with zero attached hydrogens (tertiary/aromatic N) is 1. The first-order valence-electron chi connectivity index (χ1n) is 9.38. The third-order valence-corrected chi connectivity index (χ3v) is 7.02. The minimum absolute atomic E-state index is 0.0463. The van der Waals surface area contributed by atoms with E-state index in [4.69, 9.17) is 10.2 Å². The second-order valence-electron chi connectivity index (χ2n) is 7.01. The molecule has 3 aromatic carbocycles. The van der Waals surface area contributed by atoms with Crippen LogP contribution in [-0.4, -0.2) is 54.5 Å². The summed E-state index contributed by atoms with van der Waals surface area (Å²) in [5, 5.41) is 18.6. The van der Waals surface area contributed by atoms with Gasteiger partial charge in [0.25, 0.3) is 11.8 Å². The van der Waals surface area contributed by atoms with Gasteiger partial charge in [0, 0.05) is 35.1 Å². The molecule has 8 nitrogen and oxygen atoms in total. The lowest BCUT2D eigenvalue weighted by atomic mass is 9.94. The van der Waals surface area contributed by atoms with E-state index in [1.54, 1.807) is 6.07 Å². The van der Waals surface area contributed by atoms with Crippen LogP contribution >= 0.6 is 0 Å². The normalized spacial score (nSPS) is 13.6. The number of carboxylic acids is 1. The summed E-state index contributed by atoms with van der Waals surface area (Å²) in [6.45, 7) is -0.119. The average Bonchev–Trinajstić information content (AvgIpc) is 2.77. The number of carboxylic acid groups (broad SMARTS) is 1. The standard InChI is InChI=1S/C22H17NO7S/c24-12-2-11-23-20(25)16-4-1-3-15-18(10-9-17(19(15)16)21(23)26)31(29,30)14-7-5-13(6-8-14)22(27)28/h1,3-10,24H,2,11-12H2,(H,27,28). The second kappa shape index (κ2) is 7.60. The third kappa shape index (κ3) is 3.28. The topological polar surface area (TPSA) is 129 Å². The Morgan fingerprint density at radius 3 is 2.16 bits per heavy atom. The van der Waals surface area contributed by atoms with Gasteiger partial charge in [-0.2, -0.15) is 0 Å². The Hall–Kier alpha value is -3.56. The molecule has 0 aromatic heterocycles. The number of aromatic carboxylic acids is 1. The first-order chi connectivity index (χ1) is 14.8. The lowest BCUT2D eigenvalue weighted by Gasteiger charge is -2.27. The lowest BCUT2D eigenvalue weighted by Crippen LogP contribution is -2.41. The number of carbonyl (C=O) groups excluding carboxylic acids is 2. The minimum atomic E-state index is -4.05. The first-order valence-corrected chi connectivity index (χ1v) is 10.9. The summed E-state index contributed by atoms with van der Waals surface area (Å²) in [6, 6.07) is 12.1. The quantitative estimate of drug-likeness (QED) is 0.564. The Morgan fingerprint density at radius 1 is 0.903 bits per heavy atom. The van der Waals surface area contributed by atoms with E-state index in [1.165, 1.54) is 48.5 Å². The SMILES string of the molecule is O=C(O)c1ccc(S(=O)(=O)c2ccc3c4c(cccc24)C(=O)N(CCCO)C3=O)cc1. The van der Waals surface area contributed by atoms with Crippen molar-refractivity contribution in [1.82, 2.24) is 4.90 Å². The van der Waals surface area contributed by atoms with Crippen molar-refractivity contribution in [3.63, 3.8) is 0 Å². The predicted octanol–water partition coefficient (Wildman–Crippen LogP) is 2.35. The Morgan fingerprint density at radius 2 is 1.55 bits per heavy atom. The molecule has 0 atom stereocenters. The van der Waals surface area contributed by atoms with E-state index in [0.717, 1.165) is 4.90 Å². The van der Waals surface area contributed by atoms with Gasteiger partial charge in [-0.1, -0.05) is 12.1 Å². The van der Waals surface area contributed by atoms with Crippen molar-refractivity contribution in [2.24, 2.45) is 0 Å². The van der Waals surface area contributed by atoms with Gasteiger partial charge in [0.2, 0.25) is 9.84 Å². The number of amides is 2. The molecule has 1 aliphatic rings. The van der Waals surface area contributed by atoms with Gasteiger partial charge in [-0.15, -0.1) is 0 Å². The van der Waals surface area contributed by atoms with Crippen LogP contribution < -0.4 is 0 Å². The Labute approximate surface area is 177 Å². The molecule has 0 saturated carbocycles. The summed E-state index contributed by atoms with van der Waals surface area (Å²) in [6.07, 6.45) is 0.238. The monoisotopic (exact) mass is 439 g/mol. The van der Waals surface area contributed by atoms with Gasteiger partial charge in [0.15, 0.2) is 0 Å².